The fourth-order valence-electron chi connectivity index (χ4n) is 2.88. The Morgan fingerprint density at radius 1 is 0.958 bits per heavy atom. The number of nitrogens with zero attached hydrogens (tertiary/aromatic N) is 5. The van der Waals surface area contributed by atoms with Gasteiger partial charge in [-0.2, -0.15) is 10.2 Å². The van der Waals surface area contributed by atoms with E-state index in [1.54, 1.807) is 16.9 Å². The molecule has 1 aromatic carbocycles. The van der Waals surface area contributed by atoms with Crippen molar-refractivity contribution in [1.29, 1.82) is 0 Å². The summed E-state index contributed by atoms with van der Waals surface area (Å²) < 4.78 is 1.79. The summed E-state index contributed by atoms with van der Waals surface area (Å²) in [6.07, 6.45) is 7.28. The molecule has 1 N–H and O–H groups in total. The summed E-state index contributed by atoms with van der Waals surface area (Å²) in [6, 6.07) is 13.9. The minimum absolute atomic E-state index is 0.805. The largest absolute Gasteiger partial charge is 0.278 e. The number of nitrogens with one attached hydrogen (secondary N) is 1. The predicted molar refractivity (Wildman–Crippen MR) is 91.3 cm³/mol. The average molecular weight is 312 g/mol. The maximum atomic E-state index is 4.76. The number of rotatable bonds is 2. The molecule has 0 aliphatic heterocycles. The molecule has 24 heavy (non-hydrogen) atoms. The topological polar surface area (TPSA) is 71.8 Å². The lowest BCUT2D eigenvalue weighted by Crippen LogP contribution is -1.92. The molecule has 5 aromatic rings. The van der Waals surface area contributed by atoms with Gasteiger partial charge in [0.1, 0.15) is 0 Å². The van der Waals surface area contributed by atoms with Crippen LogP contribution in [0, 0.1) is 0 Å². The quantitative estimate of drug-likeness (QED) is 0.542. The van der Waals surface area contributed by atoms with Gasteiger partial charge in [-0.25, -0.2) is 9.50 Å². The van der Waals surface area contributed by atoms with Crippen LogP contribution in [-0.4, -0.2) is 29.8 Å². The Hall–Kier alpha value is -3.54. The predicted octanol–water partition coefficient (Wildman–Crippen LogP) is 3.33. The molecule has 0 saturated carbocycles. The van der Waals surface area contributed by atoms with E-state index in [2.05, 4.69) is 26.3 Å². The van der Waals surface area contributed by atoms with Crippen molar-refractivity contribution < 1.29 is 0 Å². The summed E-state index contributed by atoms with van der Waals surface area (Å²) in [4.78, 5) is 8.81. The van der Waals surface area contributed by atoms with E-state index >= 15 is 0 Å². The van der Waals surface area contributed by atoms with Crippen LogP contribution < -0.4 is 0 Å². The standard InChI is InChI=1S/C18H12N6/c1-2-13(14-11-20-22-16(14)3-1)15-6-9-24-18(21-15)10-17(23-24)12-4-7-19-8-5-12/h1-11H,(H,20,22). The molecule has 0 saturated heterocycles. The lowest BCUT2D eigenvalue weighted by molar-refractivity contribution is 0.945. The molecule has 0 aliphatic rings. The van der Waals surface area contributed by atoms with Gasteiger partial charge >= 0.3 is 0 Å². The van der Waals surface area contributed by atoms with Crippen LogP contribution in [0.2, 0.25) is 0 Å². The van der Waals surface area contributed by atoms with Crippen molar-refractivity contribution in [3.05, 3.63) is 67.3 Å². The average Bonchev–Trinajstić information content (AvgIpc) is 3.28. The van der Waals surface area contributed by atoms with Crippen LogP contribution in [0.3, 0.4) is 0 Å². The van der Waals surface area contributed by atoms with Crippen LogP contribution in [0.1, 0.15) is 0 Å². The molecule has 0 unspecified atom stereocenters. The van der Waals surface area contributed by atoms with Gasteiger partial charge in [0.2, 0.25) is 0 Å². The minimum Gasteiger partial charge on any atom is -0.278 e. The van der Waals surface area contributed by atoms with E-state index in [1.807, 2.05) is 48.8 Å². The molecule has 6 heteroatoms. The van der Waals surface area contributed by atoms with Crippen LogP contribution in [0.4, 0.5) is 0 Å². The molecule has 0 bridgehead atoms. The molecular weight excluding hydrogens is 300 g/mol. The van der Waals surface area contributed by atoms with E-state index in [0.717, 1.165) is 39.1 Å². The van der Waals surface area contributed by atoms with Gasteiger partial charge in [0.25, 0.3) is 0 Å². The number of pyridine rings is 1. The maximum Gasteiger partial charge on any atom is 0.156 e. The fourth-order valence-corrected chi connectivity index (χ4v) is 2.88. The molecule has 0 spiro atoms. The van der Waals surface area contributed by atoms with Crippen molar-refractivity contribution in [3.63, 3.8) is 0 Å². The second-order valence-corrected chi connectivity index (χ2v) is 5.52. The highest BCUT2D eigenvalue weighted by Crippen LogP contribution is 2.27. The number of hydrogen-bond donors (Lipinski definition) is 1. The highest BCUT2D eigenvalue weighted by atomic mass is 15.2. The molecule has 0 aliphatic carbocycles. The third-order valence-corrected chi connectivity index (χ3v) is 4.06. The zero-order chi connectivity index (χ0) is 15.9. The Morgan fingerprint density at radius 2 is 1.88 bits per heavy atom. The van der Waals surface area contributed by atoms with E-state index in [4.69, 9.17) is 4.98 Å². The first kappa shape index (κ1) is 13.0. The van der Waals surface area contributed by atoms with E-state index in [1.165, 1.54) is 0 Å². The Morgan fingerprint density at radius 3 is 2.79 bits per heavy atom. The van der Waals surface area contributed by atoms with Crippen LogP contribution >= 0.6 is 0 Å². The molecule has 5 rings (SSSR count). The third-order valence-electron chi connectivity index (χ3n) is 4.06. The molecule has 0 radical (unpaired) electrons. The smallest absolute Gasteiger partial charge is 0.156 e. The maximum absolute atomic E-state index is 4.76. The van der Waals surface area contributed by atoms with Gasteiger partial charge in [-0.3, -0.25) is 10.1 Å². The zero-order valence-electron chi connectivity index (χ0n) is 12.6. The summed E-state index contributed by atoms with van der Waals surface area (Å²) in [5, 5.41) is 12.7. The summed E-state index contributed by atoms with van der Waals surface area (Å²) in [7, 11) is 0. The fraction of sp³-hybridized carbons (Fsp3) is 0. The summed E-state index contributed by atoms with van der Waals surface area (Å²) >= 11 is 0. The molecule has 0 fully saturated rings. The van der Waals surface area contributed by atoms with Crippen LogP contribution in [-0.2, 0) is 0 Å². The summed E-state index contributed by atoms with van der Waals surface area (Å²) in [5.74, 6) is 0. The molecule has 114 valence electrons. The van der Waals surface area contributed by atoms with Crippen molar-refractivity contribution >= 4 is 16.6 Å². The molecule has 4 aromatic heterocycles. The molecule has 6 nitrogen and oxygen atoms in total. The van der Waals surface area contributed by atoms with Gasteiger partial charge in [0.15, 0.2) is 5.65 Å². The molecule has 0 atom stereocenters. The van der Waals surface area contributed by atoms with E-state index in [9.17, 15) is 0 Å². The first-order valence-corrected chi connectivity index (χ1v) is 7.58. The van der Waals surface area contributed by atoms with Crippen molar-refractivity contribution in [2.75, 3.05) is 0 Å². The molecule has 4 heterocycles. The first-order valence-electron chi connectivity index (χ1n) is 7.58. The highest BCUT2D eigenvalue weighted by molar-refractivity contribution is 5.93. The molecular formula is C18H12N6. The van der Waals surface area contributed by atoms with E-state index < -0.39 is 0 Å². The number of aromatic nitrogens is 6. The minimum atomic E-state index is 0.805. The number of benzene rings is 1. The van der Waals surface area contributed by atoms with Gasteiger partial charge < -0.3 is 0 Å². The lowest BCUT2D eigenvalue weighted by atomic mass is 10.1. The van der Waals surface area contributed by atoms with Gasteiger partial charge in [-0.15, -0.1) is 0 Å². The van der Waals surface area contributed by atoms with Crippen molar-refractivity contribution in [1.82, 2.24) is 29.8 Å². The zero-order valence-corrected chi connectivity index (χ0v) is 12.6. The van der Waals surface area contributed by atoms with Crippen molar-refractivity contribution in [2.24, 2.45) is 0 Å². The number of H-pyrrole nitrogens is 1. The second-order valence-electron chi connectivity index (χ2n) is 5.52. The number of hydrogen-bond acceptors (Lipinski definition) is 4. The number of aromatic amines is 1. The Kier molecular flexibility index (Phi) is 2.69. The Bertz CT molecular complexity index is 1160. The number of fused-ring (bicyclic) bond motifs is 2. The SMILES string of the molecule is c1cc(-c2ccn3nc(-c4ccncc4)cc3n2)c2cn[nH]c2c1. The van der Waals surface area contributed by atoms with E-state index in [-0.39, 0.29) is 0 Å². The summed E-state index contributed by atoms with van der Waals surface area (Å²) in [6.45, 7) is 0. The Labute approximate surface area is 136 Å². The van der Waals surface area contributed by atoms with Gasteiger partial charge in [-0.1, -0.05) is 12.1 Å². The van der Waals surface area contributed by atoms with Gasteiger partial charge in [0, 0.05) is 41.2 Å². The normalized spacial score (nSPS) is 11.3. The van der Waals surface area contributed by atoms with Crippen molar-refractivity contribution in [3.8, 4) is 22.5 Å². The second kappa shape index (κ2) is 4.99. The van der Waals surface area contributed by atoms with E-state index in [0.29, 0.717) is 0 Å². The highest BCUT2D eigenvalue weighted by Gasteiger charge is 2.10. The third kappa shape index (κ3) is 1.97. The van der Waals surface area contributed by atoms with Crippen LogP contribution in [0.15, 0.2) is 67.3 Å². The van der Waals surface area contributed by atoms with Gasteiger partial charge in [0.05, 0.1) is 23.1 Å². The first-order chi connectivity index (χ1) is 11.9. The van der Waals surface area contributed by atoms with Crippen LogP contribution in [0.25, 0.3) is 39.1 Å². The Balaban J connectivity index is 1.67. The van der Waals surface area contributed by atoms with Crippen LogP contribution in [0.5, 0.6) is 0 Å². The summed E-state index contributed by atoms with van der Waals surface area (Å²) in [5.41, 5.74) is 5.66. The van der Waals surface area contributed by atoms with Gasteiger partial charge in [-0.05, 0) is 24.3 Å². The van der Waals surface area contributed by atoms with Crippen molar-refractivity contribution in [2.45, 2.75) is 0 Å². The monoisotopic (exact) mass is 312 g/mol. The lowest BCUT2D eigenvalue weighted by Gasteiger charge is -2.02. The molecule has 0 amide bonds.